The molecule has 0 heterocycles. The number of carbonyl (C=O) groups excluding carboxylic acids is 2. The molecular weight excluding hydrogens is 370 g/mol. The summed E-state index contributed by atoms with van der Waals surface area (Å²) < 4.78 is 33.4. The molecule has 0 saturated carbocycles. The van der Waals surface area contributed by atoms with Gasteiger partial charge in [-0.3, -0.25) is 4.79 Å². The second-order valence-electron chi connectivity index (χ2n) is 5.54. The maximum atomic E-state index is 12.1. The van der Waals surface area contributed by atoms with Crippen LogP contribution in [0.25, 0.3) is 6.08 Å². The van der Waals surface area contributed by atoms with Gasteiger partial charge in [-0.05, 0) is 48.9 Å². The van der Waals surface area contributed by atoms with Crippen molar-refractivity contribution in [3.05, 3.63) is 65.7 Å². The molecular formula is C20H16F2N2O4. The summed E-state index contributed by atoms with van der Waals surface area (Å²) >= 11 is 0. The molecule has 2 aromatic rings. The van der Waals surface area contributed by atoms with Crippen molar-refractivity contribution in [2.45, 2.75) is 19.6 Å². The Morgan fingerprint density at radius 2 is 1.89 bits per heavy atom. The number of ether oxygens (including phenoxy) is 2. The van der Waals surface area contributed by atoms with E-state index in [9.17, 15) is 18.4 Å². The highest BCUT2D eigenvalue weighted by Gasteiger charge is 2.16. The van der Waals surface area contributed by atoms with E-state index in [2.05, 4.69) is 10.1 Å². The highest BCUT2D eigenvalue weighted by atomic mass is 19.3. The van der Waals surface area contributed by atoms with Gasteiger partial charge in [-0.15, -0.1) is 0 Å². The minimum atomic E-state index is -2.91. The molecule has 1 atom stereocenters. The van der Waals surface area contributed by atoms with Gasteiger partial charge >= 0.3 is 12.6 Å². The molecule has 1 N–H and O–H groups in total. The Balaban J connectivity index is 1.88. The Hall–Kier alpha value is -3.73. The van der Waals surface area contributed by atoms with Gasteiger partial charge < -0.3 is 14.8 Å². The van der Waals surface area contributed by atoms with Gasteiger partial charge in [-0.25, -0.2) is 4.79 Å². The fraction of sp³-hybridized carbons (Fsp3) is 0.150. The summed E-state index contributed by atoms with van der Waals surface area (Å²) in [6, 6.07) is 13.9. The summed E-state index contributed by atoms with van der Waals surface area (Å²) in [6.07, 6.45) is 1.46. The first kappa shape index (κ1) is 20.6. The van der Waals surface area contributed by atoms with Gasteiger partial charge in [0.05, 0.1) is 11.6 Å². The van der Waals surface area contributed by atoms with Crippen LogP contribution in [0.15, 0.2) is 54.6 Å². The number of esters is 1. The Bertz CT molecular complexity index is 905. The minimum absolute atomic E-state index is 0.000451. The van der Waals surface area contributed by atoms with Gasteiger partial charge in [0.2, 0.25) is 0 Å². The summed E-state index contributed by atoms with van der Waals surface area (Å²) in [5.41, 5.74) is 1.35. The number of hydrogen-bond donors (Lipinski definition) is 1. The summed E-state index contributed by atoms with van der Waals surface area (Å²) in [5, 5.41) is 11.4. The molecule has 0 bridgehead atoms. The monoisotopic (exact) mass is 386 g/mol. The normalized spacial score (nSPS) is 11.7. The fourth-order valence-electron chi connectivity index (χ4n) is 2.10. The summed E-state index contributed by atoms with van der Waals surface area (Å²) in [4.78, 5) is 23.9. The molecule has 2 rings (SSSR count). The van der Waals surface area contributed by atoms with Crippen LogP contribution in [0.2, 0.25) is 0 Å². The number of nitrogens with zero attached hydrogens (tertiary/aromatic N) is 1. The third kappa shape index (κ3) is 6.53. The van der Waals surface area contributed by atoms with Crippen molar-refractivity contribution in [3.8, 4) is 11.8 Å². The molecule has 8 heteroatoms. The predicted molar refractivity (Wildman–Crippen MR) is 97.4 cm³/mol. The van der Waals surface area contributed by atoms with Crippen LogP contribution < -0.4 is 10.1 Å². The van der Waals surface area contributed by atoms with Gasteiger partial charge in [-0.2, -0.15) is 14.0 Å². The van der Waals surface area contributed by atoms with E-state index in [1.165, 1.54) is 43.3 Å². The lowest BCUT2D eigenvalue weighted by molar-refractivity contribution is -0.148. The van der Waals surface area contributed by atoms with Crippen molar-refractivity contribution >= 4 is 23.6 Å². The Labute approximate surface area is 160 Å². The van der Waals surface area contributed by atoms with Crippen LogP contribution in [0.4, 0.5) is 14.5 Å². The van der Waals surface area contributed by atoms with Crippen molar-refractivity contribution in [1.29, 1.82) is 5.26 Å². The van der Waals surface area contributed by atoms with E-state index < -0.39 is 24.6 Å². The third-order valence-electron chi connectivity index (χ3n) is 3.44. The van der Waals surface area contributed by atoms with Gasteiger partial charge in [0.15, 0.2) is 6.10 Å². The molecule has 0 spiro atoms. The van der Waals surface area contributed by atoms with Crippen LogP contribution >= 0.6 is 0 Å². The second kappa shape index (κ2) is 9.83. The number of anilines is 1. The second-order valence-corrected chi connectivity index (χ2v) is 5.54. The maximum absolute atomic E-state index is 12.1. The predicted octanol–water partition coefficient (Wildman–Crippen LogP) is 3.74. The molecule has 28 heavy (non-hydrogen) atoms. The lowest BCUT2D eigenvalue weighted by atomic mass is 10.2. The van der Waals surface area contributed by atoms with Gasteiger partial charge in [-0.1, -0.05) is 18.2 Å². The Morgan fingerprint density at radius 3 is 2.54 bits per heavy atom. The Morgan fingerprint density at radius 1 is 1.18 bits per heavy atom. The largest absolute Gasteiger partial charge is 0.449 e. The fourth-order valence-corrected chi connectivity index (χ4v) is 2.10. The van der Waals surface area contributed by atoms with Crippen molar-refractivity contribution in [2.24, 2.45) is 0 Å². The van der Waals surface area contributed by atoms with Crippen molar-refractivity contribution in [1.82, 2.24) is 0 Å². The third-order valence-corrected chi connectivity index (χ3v) is 3.44. The number of rotatable bonds is 7. The van der Waals surface area contributed by atoms with Crippen LogP contribution in [-0.2, 0) is 14.3 Å². The van der Waals surface area contributed by atoms with Crippen molar-refractivity contribution in [2.75, 3.05) is 5.32 Å². The van der Waals surface area contributed by atoms with E-state index in [1.54, 1.807) is 18.2 Å². The average molecular weight is 386 g/mol. The molecule has 0 fully saturated rings. The van der Waals surface area contributed by atoms with Crippen LogP contribution in [0, 0.1) is 11.3 Å². The first-order valence-electron chi connectivity index (χ1n) is 8.12. The number of hydrogen-bond acceptors (Lipinski definition) is 5. The SMILES string of the molecule is C[C@H](OC(=O)/C=C/c1ccc(OC(F)F)cc1)C(=O)Nc1cccc(C#N)c1. The molecule has 0 saturated heterocycles. The topological polar surface area (TPSA) is 88.4 Å². The zero-order valence-electron chi connectivity index (χ0n) is 14.8. The highest BCUT2D eigenvalue weighted by Crippen LogP contribution is 2.16. The standard InChI is InChI=1S/C20H16F2N2O4/c1-13(19(26)24-16-4-2-3-15(11-16)12-23)27-18(25)10-7-14-5-8-17(9-6-14)28-20(21)22/h2-11,13,20H,1H3,(H,24,26)/b10-7+/t13-/m0/s1. The summed E-state index contributed by atoms with van der Waals surface area (Å²) in [7, 11) is 0. The van der Waals surface area contributed by atoms with Crippen LogP contribution in [0.5, 0.6) is 5.75 Å². The van der Waals surface area contributed by atoms with E-state index in [0.717, 1.165) is 6.08 Å². The van der Waals surface area contributed by atoms with Gasteiger partial charge in [0.25, 0.3) is 5.91 Å². The maximum Gasteiger partial charge on any atom is 0.387 e. The molecule has 144 valence electrons. The smallest absolute Gasteiger partial charge is 0.387 e. The van der Waals surface area contributed by atoms with E-state index in [-0.39, 0.29) is 5.75 Å². The molecule has 0 aromatic heterocycles. The van der Waals surface area contributed by atoms with E-state index in [1.807, 2.05) is 6.07 Å². The van der Waals surface area contributed by atoms with Crippen molar-refractivity contribution in [3.63, 3.8) is 0 Å². The number of nitrogens with one attached hydrogen (secondary N) is 1. The van der Waals surface area contributed by atoms with E-state index in [4.69, 9.17) is 10.00 Å². The summed E-state index contributed by atoms with van der Waals surface area (Å²) in [6.45, 7) is -1.50. The van der Waals surface area contributed by atoms with Crippen LogP contribution in [0.3, 0.4) is 0 Å². The van der Waals surface area contributed by atoms with Crippen LogP contribution in [0.1, 0.15) is 18.1 Å². The molecule has 0 aliphatic heterocycles. The number of alkyl halides is 2. The average Bonchev–Trinajstić information content (AvgIpc) is 2.67. The minimum Gasteiger partial charge on any atom is -0.449 e. The number of benzene rings is 2. The van der Waals surface area contributed by atoms with Gasteiger partial charge in [0.1, 0.15) is 5.75 Å². The molecule has 0 unspecified atom stereocenters. The van der Waals surface area contributed by atoms with Crippen molar-refractivity contribution < 1.29 is 27.8 Å². The molecule has 0 aliphatic rings. The molecule has 2 aromatic carbocycles. The first-order chi connectivity index (χ1) is 13.4. The lowest BCUT2D eigenvalue weighted by Crippen LogP contribution is -2.29. The molecule has 6 nitrogen and oxygen atoms in total. The van der Waals surface area contributed by atoms with Crippen LogP contribution in [-0.4, -0.2) is 24.6 Å². The van der Waals surface area contributed by atoms with Gasteiger partial charge in [0, 0.05) is 11.8 Å². The number of carbonyl (C=O) groups is 2. The molecule has 0 aliphatic carbocycles. The number of amides is 1. The van der Waals surface area contributed by atoms with E-state index >= 15 is 0 Å². The highest BCUT2D eigenvalue weighted by molar-refractivity contribution is 5.96. The summed E-state index contributed by atoms with van der Waals surface area (Å²) in [5.74, 6) is -1.30. The molecule has 0 radical (unpaired) electrons. The zero-order valence-corrected chi connectivity index (χ0v) is 14.8. The number of halogens is 2. The number of nitriles is 1. The first-order valence-corrected chi connectivity index (χ1v) is 8.12. The quantitative estimate of drug-likeness (QED) is 0.578. The lowest BCUT2D eigenvalue weighted by Gasteiger charge is -2.12. The van der Waals surface area contributed by atoms with E-state index in [0.29, 0.717) is 16.8 Å². The molecule has 1 amide bonds. The zero-order chi connectivity index (χ0) is 20.5. The Kier molecular flexibility index (Phi) is 7.22.